The smallest absolute Gasteiger partial charge is 0.357 e. The first-order chi connectivity index (χ1) is 7.38. The van der Waals surface area contributed by atoms with Crippen LogP contribution < -0.4 is 49.9 Å². The van der Waals surface area contributed by atoms with Crippen LogP contribution in [-0.2, 0) is 0 Å². The minimum atomic E-state index is -0.0449. The SMILES string of the molecule is COc1ccc([I+]c2ccccc2)cc1.[I-]. The Bertz CT molecular complexity index is 412. The molecule has 0 atom stereocenters. The van der Waals surface area contributed by atoms with Crippen LogP contribution in [0.4, 0.5) is 0 Å². The third kappa shape index (κ3) is 3.93. The van der Waals surface area contributed by atoms with Crippen molar-refractivity contribution in [3.8, 4) is 5.75 Å². The average molecular weight is 438 g/mol. The van der Waals surface area contributed by atoms with E-state index in [4.69, 9.17) is 4.74 Å². The molecule has 0 aromatic heterocycles. The Balaban J connectivity index is 0.00000128. The summed E-state index contributed by atoms with van der Waals surface area (Å²) >= 11 is -0.0449. The Morgan fingerprint density at radius 2 is 1.38 bits per heavy atom. The molecule has 0 N–H and O–H groups in total. The predicted octanol–water partition coefficient (Wildman–Crippen LogP) is -3.17. The third-order valence-electron chi connectivity index (χ3n) is 2.00. The van der Waals surface area contributed by atoms with Gasteiger partial charge in [-0.2, -0.15) is 0 Å². The van der Waals surface area contributed by atoms with Gasteiger partial charge < -0.3 is 28.7 Å². The van der Waals surface area contributed by atoms with Crippen molar-refractivity contribution >= 4 is 0 Å². The monoisotopic (exact) mass is 438 g/mol. The first-order valence-electron chi connectivity index (χ1n) is 4.72. The zero-order chi connectivity index (χ0) is 10.5. The van der Waals surface area contributed by atoms with Gasteiger partial charge in [-0.3, -0.25) is 0 Å². The van der Waals surface area contributed by atoms with E-state index in [1.54, 1.807) is 7.11 Å². The molecule has 0 fully saturated rings. The molecular formula is C13H12I2O. The van der Waals surface area contributed by atoms with Crippen molar-refractivity contribution in [2.24, 2.45) is 0 Å². The van der Waals surface area contributed by atoms with Gasteiger partial charge in [-0.15, -0.1) is 0 Å². The summed E-state index contributed by atoms with van der Waals surface area (Å²) in [5, 5.41) is 0. The summed E-state index contributed by atoms with van der Waals surface area (Å²) in [5.74, 6) is 0.927. The molecule has 16 heavy (non-hydrogen) atoms. The van der Waals surface area contributed by atoms with E-state index in [0.29, 0.717) is 0 Å². The minimum absolute atomic E-state index is 0. The highest BCUT2D eigenvalue weighted by molar-refractivity contribution is 5.20. The van der Waals surface area contributed by atoms with Crippen LogP contribution in [0.5, 0.6) is 5.75 Å². The zero-order valence-corrected chi connectivity index (χ0v) is 13.2. The molecule has 2 aromatic rings. The molecule has 0 heterocycles. The molecule has 0 aliphatic heterocycles. The van der Waals surface area contributed by atoms with Gasteiger partial charge in [-0.1, -0.05) is 18.2 Å². The average Bonchev–Trinajstić information content (AvgIpc) is 2.31. The fraction of sp³-hybridized carbons (Fsp3) is 0.0769. The highest BCUT2D eigenvalue weighted by Crippen LogP contribution is 2.06. The van der Waals surface area contributed by atoms with Crippen LogP contribution in [0.15, 0.2) is 54.6 Å². The topological polar surface area (TPSA) is 9.23 Å². The standard InChI is InChI=1S/C13H12IO.HI/c1-15-13-9-7-12(8-10-13)14-11-5-3-2-4-6-11;/h2-10H,1H3;1H/q+1;/p-1. The van der Waals surface area contributed by atoms with Crippen molar-refractivity contribution in [3.63, 3.8) is 0 Å². The Hall–Kier alpha value is -0.300. The van der Waals surface area contributed by atoms with Gasteiger partial charge in [-0.05, 0) is 36.4 Å². The Morgan fingerprint density at radius 1 is 0.812 bits per heavy atom. The largest absolute Gasteiger partial charge is 1.00 e. The molecule has 0 aliphatic carbocycles. The van der Waals surface area contributed by atoms with Crippen molar-refractivity contribution in [3.05, 3.63) is 61.7 Å². The second-order valence-electron chi connectivity index (χ2n) is 3.05. The van der Waals surface area contributed by atoms with Gasteiger partial charge in [0.25, 0.3) is 0 Å². The number of hydrogen-bond donors (Lipinski definition) is 0. The quantitative estimate of drug-likeness (QED) is 0.460. The summed E-state index contributed by atoms with van der Waals surface area (Å²) < 4.78 is 7.99. The lowest BCUT2D eigenvalue weighted by molar-refractivity contribution is -0.597. The van der Waals surface area contributed by atoms with Crippen LogP contribution in [0.1, 0.15) is 0 Å². The van der Waals surface area contributed by atoms with Crippen molar-refractivity contribution in [1.29, 1.82) is 0 Å². The van der Waals surface area contributed by atoms with Gasteiger partial charge in [0.05, 0.1) is 7.11 Å². The molecule has 84 valence electrons. The molecular weight excluding hydrogens is 426 g/mol. The summed E-state index contributed by atoms with van der Waals surface area (Å²) in [6.45, 7) is 0. The van der Waals surface area contributed by atoms with Gasteiger partial charge in [0.2, 0.25) is 0 Å². The maximum absolute atomic E-state index is 5.13. The van der Waals surface area contributed by atoms with Crippen molar-refractivity contribution in [2.45, 2.75) is 0 Å². The van der Waals surface area contributed by atoms with Crippen molar-refractivity contribution < 1.29 is 49.9 Å². The second-order valence-corrected chi connectivity index (χ2v) is 6.08. The van der Waals surface area contributed by atoms with E-state index in [2.05, 4.69) is 42.5 Å². The van der Waals surface area contributed by atoms with Gasteiger partial charge in [-0.25, -0.2) is 0 Å². The van der Waals surface area contributed by atoms with E-state index < -0.39 is 0 Å². The molecule has 0 spiro atoms. The summed E-state index contributed by atoms with van der Waals surface area (Å²) in [6.07, 6.45) is 0. The number of ether oxygens (including phenoxy) is 1. The summed E-state index contributed by atoms with van der Waals surface area (Å²) in [7, 11) is 1.70. The second kappa shape index (κ2) is 7.11. The molecule has 0 amide bonds. The first-order valence-corrected chi connectivity index (χ1v) is 6.88. The van der Waals surface area contributed by atoms with Crippen molar-refractivity contribution in [2.75, 3.05) is 7.11 Å². The van der Waals surface area contributed by atoms with E-state index in [1.165, 1.54) is 7.14 Å². The number of methoxy groups -OCH3 is 1. The van der Waals surface area contributed by atoms with E-state index in [1.807, 2.05) is 12.1 Å². The predicted molar refractivity (Wildman–Crippen MR) is 56.8 cm³/mol. The first kappa shape index (κ1) is 13.8. The summed E-state index contributed by atoms with van der Waals surface area (Å²) in [4.78, 5) is 0. The van der Waals surface area contributed by atoms with Crippen LogP contribution in [0, 0.1) is 7.14 Å². The Morgan fingerprint density at radius 3 is 1.94 bits per heavy atom. The zero-order valence-electron chi connectivity index (χ0n) is 8.86. The molecule has 0 bridgehead atoms. The maximum Gasteiger partial charge on any atom is 0.357 e. The van der Waals surface area contributed by atoms with Crippen LogP contribution >= 0.6 is 0 Å². The van der Waals surface area contributed by atoms with Crippen LogP contribution in [-0.4, -0.2) is 7.11 Å². The molecule has 0 radical (unpaired) electrons. The molecule has 0 saturated heterocycles. The summed E-state index contributed by atoms with van der Waals surface area (Å²) in [5.41, 5.74) is 0. The third-order valence-corrected chi connectivity index (χ3v) is 4.68. The lowest BCUT2D eigenvalue weighted by Gasteiger charge is -1.95. The van der Waals surface area contributed by atoms with E-state index >= 15 is 0 Å². The number of hydrogen-bond acceptors (Lipinski definition) is 1. The van der Waals surface area contributed by atoms with E-state index in [0.717, 1.165) is 5.75 Å². The number of halogens is 2. The molecule has 0 unspecified atom stereocenters. The highest BCUT2D eigenvalue weighted by Gasteiger charge is 2.13. The Kier molecular flexibility index (Phi) is 6.12. The maximum atomic E-state index is 5.13. The van der Waals surface area contributed by atoms with Gasteiger partial charge >= 0.3 is 21.2 Å². The molecule has 1 nitrogen and oxygen atoms in total. The fourth-order valence-corrected chi connectivity index (χ4v) is 3.45. The normalized spacial score (nSPS) is 9.31. The van der Waals surface area contributed by atoms with Crippen LogP contribution in [0.3, 0.4) is 0 Å². The lowest BCUT2D eigenvalue weighted by Crippen LogP contribution is -3.61. The van der Waals surface area contributed by atoms with Crippen LogP contribution in [0.25, 0.3) is 0 Å². The van der Waals surface area contributed by atoms with Gasteiger partial charge in [0, 0.05) is 0 Å². The molecule has 2 rings (SSSR count). The fourth-order valence-electron chi connectivity index (χ4n) is 1.24. The van der Waals surface area contributed by atoms with E-state index in [9.17, 15) is 0 Å². The van der Waals surface area contributed by atoms with Gasteiger partial charge in [0.1, 0.15) is 5.75 Å². The highest BCUT2D eigenvalue weighted by atomic mass is 127. The van der Waals surface area contributed by atoms with Crippen molar-refractivity contribution in [1.82, 2.24) is 0 Å². The molecule has 2 aromatic carbocycles. The number of rotatable bonds is 3. The van der Waals surface area contributed by atoms with E-state index in [-0.39, 0.29) is 45.2 Å². The number of benzene rings is 2. The molecule has 0 saturated carbocycles. The molecule has 3 heteroatoms. The Labute approximate surface area is 123 Å². The summed E-state index contributed by atoms with van der Waals surface area (Å²) in [6, 6.07) is 19.0. The minimum Gasteiger partial charge on any atom is -1.00 e. The van der Waals surface area contributed by atoms with Crippen LogP contribution in [0.2, 0.25) is 0 Å². The molecule has 0 aliphatic rings. The van der Waals surface area contributed by atoms with Gasteiger partial charge in [0.15, 0.2) is 7.14 Å². The lowest BCUT2D eigenvalue weighted by atomic mass is 10.3.